The molecule has 0 aromatic carbocycles. The van der Waals surface area contributed by atoms with Crippen molar-refractivity contribution >= 4 is 17.5 Å². The van der Waals surface area contributed by atoms with E-state index in [1.54, 1.807) is 0 Å². The molecule has 1 aliphatic rings. The fourth-order valence-electron chi connectivity index (χ4n) is 1.50. The van der Waals surface area contributed by atoms with Crippen molar-refractivity contribution in [3.8, 4) is 0 Å². The van der Waals surface area contributed by atoms with Crippen molar-refractivity contribution < 1.29 is 9.90 Å². The average molecular weight is 184 g/mol. The number of aryl methyl sites for hydroxylation is 1. The van der Waals surface area contributed by atoms with E-state index in [-0.39, 0.29) is 0 Å². The summed E-state index contributed by atoms with van der Waals surface area (Å²) in [5.74, 6) is -1.18. The largest absolute Gasteiger partial charge is 0.481 e. The van der Waals surface area contributed by atoms with E-state index >= 15 is 0 Å². The number of fused-ring (bicyclic) bond motifs is 1. The summed E-state index contributed by atoms with van der Waals surface area (Å²) < 4.78 is 3.76. The molecule has 0 fully saturated rings. The lowest BCUT2D eigenvalue weighted by Crippen LogP contribution is -2.17. The van der Waals surface area contributed by atoms with Crippen LogP contribution in [0.4, 0.5) is 0 Å². The summed E-state index contributed by atoms with van der Waals surface area (Å²) in [6.07, 6.45) is 2.58. The quantitative estimate of drug-likeness (QED) is 0.708. The minimum absolute atomic E-state index is 0.410. The molecule has 1 unspecified atom stereocenters. The Morgan fingerprint density at radius 3 is 3.25 bits per heavy atom. The molecule has 64 valence electrons. The molecule has 0 amide bonds. The number of hydrogen-bond acceptors (Lipinski definition) is 4. The van der Waals surface area contributed by atoms with Crippen LogP contribution in [-0.4, -0.2) is 20.7 Å². The molecule has 1 aromatic heterocycles. The van der Waals surface area contributed by atoms with E-state index < -0.39 is 11.9 Å². The fraction of sp³-hybridized carbons (Fsp3) is 0.571. The molecule has 2 rings (SSSR count). The van der Waals surface area contributed by atoms with Crippen molar-refractivity contribution in [3.05, 3.63) is 10.6 Å². The van der Waals surface area contributed by atoms with E-state index in [4.69, 9.17) is 5.11 Å². The second-order valence-corrected chi connectivity index (χ2v) is 3.70. The van der Waals surface area contributed by atoms with Gasteiger partial charge in [0.1, 0.15) is 5.92 Å². The zero-order chi connectivity index (χ0) is 8.55. The Kier molecular flexibility index (Phi) is 1.80. The lowest BCUT2D eigenvalue weighted by molar-refractivity contribution is -0.139. The summed E-state index contributed by atoms with van der Waals surface area (Å²) in [6.45, 7) is 0. The molecular formula is C7H8N2O2S. The van der Waals surface area contributed by atoms with E-state index in [0.717, 1.165) is 17.7 Å². The highest BCUT2D eigenvalue weighted by Crippen LogP contribution is 2.31. The van der Waals surface area contributed by atoms with Gasteiger partial charge in [0.05, 0.1) is 5.69 Å². The molecule has 0 saturated heterocycles. The molecule has 0 saturated carbocycles. The van der Waals surface area contributed by atoms with Gasteiger partial charge < -0.3 is 5.11 Å². The summed E-state index contributed by atoms with van der Waals surface area (Å²) in [7, 11) is 0. The van der Waals surface area contributed by atoms with Crippen molar-refractivity contribution in [1.29, 1.82) is 0 Å². The van der Waals surface area contributed by atoms with Gasteiger partial charge in [-0.25, -0.2) is 0 Å². The van der Waals surface area contributed by atoms with Crippen molar-refractivity contribution in [1.82, 2.24) is 9.59 Å². The van der Waals surface area contributed by atoms with E-state index in [9.17, 15) is 4.79 Å². The van der Waals surface area contributed by atoms with Gasteiger partial charge in [-0.05, 0) is 30.8 Å². The third-order valence-electron chi connectivity index (χ3n) is 2.11. The maximum Gasteiger partial charge on any atom is 0.312 e. The van der Waals surface area contributed by atoms with E-state index in [1.807, 2.05) is 0 Å². The Labute approximate surface area is 73.4 Å². The zero-order valence-electron chi connectivity index (χ0n) is 6.36. The lowest BCUT2D eigenvalue weighted by atomic mass is 9.91. The van der Waals surface area contributed by atoms with Gasteiger partial charge >= 0.3 is 5.97 Å². The first-order valence-corrected chi connectivity index (χ1v) is 4.60. The first-order chi connectivity index (χ1) is 5.79. The van der Waals surface area contributed by atoms with Crippen LogP contribution in [0.2, 0.25) is 0 Å². The number of hydrogen-bond donors (Lipinski definition) is 1. The predicted octanol–water partition coefficient (Wildman–Crippen LogP) is 1.04. The number of aliphatic carboxylic acids is 1. The molecule has 1 aliphatic carbocycles. The monoisotopic (exact) mass is 184 g/mol. The molecule has 5 heteroatoms. The van der Waals surface area contributed by atoms with Gasteiger partial charge in [0.2, 0.25) is 0 Å². The molecule has 1 aromatic rings. The number of carbonyl (C=O) groups is 1. The SMILES string of the molecule is O=C(O)C1CCCc2snnc21. The van der Waals surface area contributed by atoms with Crippen LogP contribution in [-0.2, 0) is 11.2 Å². The second kappa shape index (κ2) is 2.82. The Morgan fingerprint density at radius 2 is 2.50 bits per heavy atom. The van der Waals surface area contributed by atoms with Gasteiger partial charge in [-0.3, -0.25) is 4.79 Å². The first-order valence-electron chi connectivity index (χ1n) is 3.83. The normalized spacial score (nSPS) is 21.8. The van der Waals surface area contributed by atoms with E-state index in [1.165, 1.54) is 11.5 Å². The van der Waals surface area contributed by atoms with Crippen LogP contribution in [0.25, 0.3) is 0 Å². The number of rotatable bonds is 1. The van der Waals surface area contributed by atoms with Gasteiger partial charge in [-0.2, -0.15) is 0 Å². The number of nitrogens with zero attached hydrogens (tertiary/aromatic N) is 2. The standard InChI is InChI=1S/C7H8N2O2S/c10-7(11)4-2-1-3-5-6(4)8-9-12-5/h4H,1-3H2,(H,10,11). The number of carboxylic acid groups (broad SMARTS) is 1. The molecule has 1 atom stereocenters. The second-order valence-electron chi connectivity index (χ2n) is 2.86. The molecule has 4 nitrogen and oxygen atoms in total. The smallest absolute Gasteiger partial charge is 0.312 e. The summed E-state index contributed by atoms with van der Waals surface area (Å²) in [4.78, 5) is 11.8. The average Bonchev–Trinajstić information content (AvgIpc) is 2.49. The third-order valence-corrected chi connectivity index (χ3v) is 2.91. The van der Waals surface area contributed by atoms with Gasteiger partial charge in [0, 0.05) is 4.88 Å². The summed E-state index contributed by atoms with van der Waals surface area (Å²) in [6, 6.07) is 0. The predicted molar refractivity (Wildman–Crippen MR) is 43.2 cm³/mol. The van der Waals surface area contributed by atoms with Gasteiger partial charge in [0.15, 0.2) is 0 Å². The molecule has 0 radical (unpaired) electrons. The summed E-state index contributed by atoms with van der Waals surface area (Å²) >= 11 is 1.32. The molecule has 1 N–H and O–H groups in total. The first kappa shape index (κ1) is 7.67. The molecular weight excluding hydrogens is 176 g/mol. The Bertz CT molecular complexity index is 310. The van der Waals surface area contributed by atoms with Gasteiger partial charge in [-0.1, -0.05) is 4.49 Å². The van der Waals surface area contributed by atoms with Crippen LogP contribution in [0.3, 0.4) is 0 Å². The summed E-state index contributed by atoms with van der Waals surface area (Å²) in [5, 5.41) is 12.7. The molecule has 1 heterocycles. The Hall–Kier alpha value is -0.970. The maximum atomic E-state index is 10.8. The van der Waals surface area contributed by atoms with Crippen LogP contribution < -0.4 is 0 Å². The van der Waals surface area contributed by atoms with Crippen LogP contribution in [0.5, 0.6) is 0 Å². The Balaban J connectivity index is 2.37. The minimum atomic E-state index is -0.774. The topological polar surface area (TPSA) is 63.1 Å². The molecule has 0 spiro atoms. The highest BCUT2D eigenvalue weighted by molar-refractivity contribution is 7.05. The van der Waals surface area contributed by atoms with Crippen molar-refractivity contribution in [2.75, 3.05) is 0 Å². The van der Waals surface area contributed by atoms with Crippen LogP contribution in [0, 0.1) is 0 Å². The van der Waals surface area contributed by atoms with E-state index in [2.05, 4.69) is 9.59 Å². The van der Waals surface area contributed by atoms with Crippen LogP contribution in [0.1, 0.15) is 29.3 Å². The van der Waals surface area contributed by atoms with Crippen LogP contribution in [0.15, 0.2) is 0 Å². The van der Waals surface area contributed by atoms with E-state index in [0.29, 0.717) is 12.1 Å². The Morgan fingerprint density at radius 1 is 1.67 bits per heavy atom. The van der Waals surface area contributed by atoms with Crippen LogP contribution >= 0.6 is 11.5 Å². The maximum absolute atomic E-state index is 10.8. The fourth-order valence-corrected chi connectivity index (χ4v) is 2.24. The van der Waals surface area contributed by atoms with Crippen molar-refractivity contribution in [2.24, 2.45) is 0 Å². The number of aromatic nitrogens is 2. The summed E-state index contributed by atoms with van der Waals surface area (Å²) in [5.41, 5.74) is 0.693. The van der Waals surface area contributed by atoms with Gasteiger partial charge in [-0.15, -0.1) is 5.10 Å². The highest BCUT2D eigenvalue weighted by atomic mass is 32.1. The van der Waals surface area contributed by atoms with Gasteiger partial charge in [0.25, 0.3) is 0 Å². The highest BCUT2D eigenvalue weighted by Gasteiger charge is 2.29. The van der Waals surface area contributed by atoms with Crippen molar-refractivity contribution in [3.63, 3.8) is 0 Å². The van der Waals surface area contributed by atoms with Crippen molar-refractivity contribution in [2.45, 2.75) is 25.2 Å². The molecule has 12 heavy (non-hydrogen) atoms. The third kappa shape index (κ3) is 1.10. The lowest BCUT2D eigenvalue weighted by Gasteiger charge is -2.15. The molecule has 0 bridgehead atoms. The zero-order valence-corrected chi connectivity index (χ0v) is 7.17. The number of carboxylic acids is 1. The molecule has 0 aliphatic heterocycles. The minimum Gasteiger partial charge on any atom is -0.481 e.